The third-order valence-corrected chi connectivity index (χ3v) is 2.19. The Morgan fingerprint density at radius 3 is 2.44 bits per heavy atom. The predicted molar refractivity (Wildman–Crippen MR) is 51.4 cm³/mol. The molecule has 1 atom stereocenters. The van der Waals surface area contributed by atoms with Gasteiger partial charge in [-0.1, -0.05) is 6.07 Å². The van der Waals surface area contributed by atoms with Gasteiger partial charge in [-0.2, -0.15) is 13.2 Å². The van der Waals surface area contributed by atoms with Gasteiger partial charge in [0.15, 0.2) is 0 Å². The summed E-state index contributed by atoms with van der Waals surface area (Å²) >= 11 is 0. The molecule has 16 heavy (non-hydrogen) atoms. The van der Waals surface area contributed by atoms with E-state index in [0.717, 1.165) is 12.1 Å². The molecule has 0 aliphatic rings. The van der Waals surface area contributed by atoms with E-state index in [1.54, 1.807) is 6.92 Å². The third-order valence-electron chi connectivity index (χ3n) is 2.19. The van der Waals surface area contributed by atoms with Crippen LogP contribution >= 0.6 is 0 Å². The normalized spacial score (nSPS) is 13.9. The molecule has 90 valence electrons. The Balaban J connectivity index is 2.90. The first-order valence-corrected chi connectivity index (χ1v) is 4.84. The Bertz CT molecular complexity index is 357. The van der Waals surface area contributed by atoms with E-state index >= 15 is 0 Å². The Morgan fingerprint density at radius 1 is 1.31 bits per heavy atom. The van der Waals surface area contributed by atoms with Gasteiger partial charge in [-0.3, -0.25) is 0 Å². The van der Waals surface area contributed by atoms with Gasteiger partial charge in [0.25, 0.3) is 0 Å². The average molecular weight is 236 g/mol. The van der Waals surface area contributed by atoms with Crippen molar-refractivity contribution in [1.29, 1.82) is 0 Å². The molecule has 0 amide bonds. The largest absolute Gasteiger partial charge is 0.419 e. The van der Waals surface area contributed by atoms with Gasteiger partial charge in [0, 0.05) is 0 Å². The quantitative estimate of drug-likeness (QED) is 0.799. The van der Waals surface area contributed by atoms with Crippen molar-refractivity contribution in [2.45, 2.75) is 32.0 Å². The lowest BCUT2D eigenvalue weighted by Gasteiger charge is -2.10. The van der Waals surface area contributed by atoms with E-state index in [1.165, 1.54) is 6.07 Å². The molecule has 0 saturated carbocycles. The van der Waals surface area contributed by atoms with Gasteiger partial charge < -0.3 is 5.11 Å². The highest BCUT2D eigenvalue weighted by Gasteiger charge is 2.34. The van der Waals surface area contributed by atoms with Crippen molar-refractivity contribution < 1.29 is 22.7 Å². The van der Waals surface area contributed by atoms with Crippen LogP contribution in [-0.2, 0) is 12.6 Å². The molecule has 0 fully saturated rings. The van der Waals surface area contributed by atoms with Crippen LogP contribution in [-0.4, -0.2) is 11.2 Å². The molecule has 1 aromatic rings. The van der Waals surface area contributed by atoms with E-state index in [-0.39, 0.29) is 0 Å². The average Bonchev–Trinajstić information content (AvgIpc) is 2.14. The highest BCUT2D eigenvalue weighted by atomic mass is 19.4. The number of halogens is 4. The SMILES string of the molecule is C[C@@H](O)CCc1ccc(F)c(C(F)(F)F)c1. The molecule has 0 aliphatic heterocycles. The summed E-state index contributed by atoms with van der Waals surface area (Å²) in [5, 5.41) is 9.00. The number of aryl methyl sites for hydroxylation is 1. The maximum atomic E-state index is 12.9. The van der Waals surface area contributed by atoms with Crippen molar-refractivity contribution in [2.24, 2.45) is 0 Å². The minimum absolute atomic E-state index is 0.293. The molecule has 5 heteroatoms. The monoisotopic (exact) mass is 236 g/mol. The summed E-state index contributed by atoms with van der Waals surface area (Å²) < 4.78 is 49.9. The van der Waals surface area contributed by atoms with E-state index in [4.69, 9.17) is 5.11 Å². The molecule has 0 unspecified atom stereocenters. The van der Waals surface area contributed by atoms with E-state index in [9.17, 15) is 17.6 Å². The molecule has 0 saturated heterocycles. The van der Waals surface area contributed by atoms with Crippen LogP contribution in [0.1, 0.15) is 24.5 Å². The van der Waals surface area contributed by atoms with E-state index < -0.39 is 23.7 Å². The van der Waals surface area contributed by atoms with E-state index in [2.05, 4.69) is 0 Å². The smallest absolute Gasteiger partial charge is 0.393 e. The van der Waals surface area contributed by atoms with Gasteiger partial charge >= 0.3 is 6.18 Å². The molecule has 0 heterocycles. The van der Waals surface area contributed by atoms with Crippen molar-refractivity contribution in [2.75, 3.05) is 0 Å². The first kappa shape index (κ1) is 13.0. The van der Waals surface area contributed by atoms with Gasteiger partial charge in [-0.15, -0.1) is 0 Å². The minimum Gasteiger partial charge on any atom is -0.393 e. The van der Waals surface area contributed by atoms with Crippen molar-refractivity contribution in [3.8, 4) is 0 Å². The lowest BCUT2D eigenvalue weighted by molar-refractivity contribution is -0.140. The molecular weight excluding hydrogens is 224 g/mol. The van der Waals surface area contributed by atoms with E-state index in [1.807, 2.05) is 0 Å². The van der Waals surface area contributed by atoms with Crippen LogP contribution < -0.4 is 0 Å². The fraction of sp³-hybridized carbons (Fsp3) is 0.455. The number of aliphatic hydroxyl groups is 1. The highest BCUT2D eigenvalue weighted by Crippen LogP contribution is 2.32. The second-order valence-electron chi connectivity index (χ2n) is 3.70. The summed E-state index contributed by atoms with van der Waals surface area (Å²) in [5.74, 6) is -1.27. The van der Waals surface area contributed by atoms with Crippen LogP contribution in [0, 0.1) is 5.82 Å². The molecule has 1 rings (SSSR count). The van der Waals surface area contributed by atoms with Crippen LogP contribution in [0.5, 0.6) is 0 Å². The third kappa shape index (κ3) is 3.48. The first-order chi connectivity index (χ1) is 7.30. The summed E-state index contributed by atoms with van der Waals surface area (Å²) in [5.41, 5.74) is -0.884. The van der Waals surface area contributed by atoms with Crippen molar-refractivity contribution in [3.05, 3.63) is 35.1 Å². The van der Waals surface area contributed by atoms with Gasteiger partial charge in [0.2, 0.25) is 0 Å². The molecular formula is C11H12F4O. The van der Waals surface area contributed by atoms with Crippen molar-refractivity contribution in [1.82, 2.24) is 0 Å². The number of alkyl halides is 3. The van der Waals surface area contributed by atoms with E-state index in [0.29, 0.717) is 18.4 Å². The van der Waals surface area contributed by atoms with Gasteiger partial charge in [-0.05, 0) is 37.5 Å². The predicted octanol–water partition coefficient (Wildman–Crippen LogP) is 3.16. The van der Waals surface area contributed by atoms with Gasteiger partial charge in [0.1, 0.15) is 5.82 Å². The van der Waals surface area contributed by atoms with Gasteiger partial charge in [-0.25, -0.2) is 4.39 Å². The summed E-state index contributed by atoms with van der Waals surface area (Å²) in [6.45, 7) is 1.55. The number of benzene rings is 1. The lowest BCUT2D eigenvalue weighted by atomic mass is 10.0. The van der Waals surface area contributed by atoms with Crippen molar-refractivity contribution >= 4 is 0 Å². The minimum atomic E-state index is -4.68. The maximum Gasteiger partial charge on any atom is 0.419 e. The molecule has 0 spiro atoms. The van der Waals surface area contributed by atoms with Crippen molar-refractivity contribution in [3.63, 3.8) is 0 Å². The first-order valence-electron chi connectivity index (χ1n) is 4.84. The molecule has 1 N–H and O–H groups in total. The molecule has 0 aliphatic carbocycles. The number of hydrogen-bond acceptors (Lipinski definition) is 1. The number of aliphatic hydroxyl groups excluding tert-OH is 1. The second-order valence-corrected chi connectivity index (χ2v) is 3.70. The zero-order chi connectivity index (χ0) is 12.3. The molecule has 1 nitrogen and oxygen atoms in total. The number of rotatable bonds is 3. The number of hydrogen-bond donors (Lipinski definition) is 1. The van der Waals surface area contributed by atoms with Crippen LogP contribution in [0.3, 0.4) is 0 Å². The van der Waals surface area contributed by atoms with Crippen LogP contribution in [0.15, 0.2) is 18.2 Å². The molecule has 0 bridgehead atoms. The Labute approximate surface area is 90.7 Å². The maximum absolute atomic E-state index is 12.9. The fourth-order valence-electron chi connectivity index (χ4n) is 1.32. The summed E-state index contributed by atoms with van der Waals surface area (Å²) in [4.78, 5) is 0. The summed E-state index contributed by atoms with van der Waals surface area (Å²) in [6, 6.07) is 2.89. The lowest BCUT2D eigenvalue weighted by Crippen LogP contribution is -2.09. The van der Waals surface area contributed by atoms with Crippen LogP contribution in [0.4, 0.5) is 17.6 Å². The second kappa shape index (κ2) is 4.82. The fourth-order valence-corrected chi connectivity index (χ4v) is 1.32. The summed E-state index contributed by atoms with van der Waals surface area (Å²) in [6.07, 6.45) is -4.62. The topological polar surface area (TPSA) is 20.2 Å². The Kier molecular flexibility index (Phi) is 3.91. The Hall–Kier alpha value is -1.10. The Morgan fingerprint density at radius 2 is 1.94 bits per heavy atom. The van der Waals surface area contributed by atoms with Gasteiger partial charge in [0.05, 0.1) is 11.7 Å². The zero-order valence-corrected chi connectivity index (χ0v) is 8.68. The van der Waals surface area contributed by atoms with Crippen LogP contribution in [0.2, 0.25) is 0 Å². The standard InChI is InChI=1S/C11H12F4O/c1-7(16)2-3-8-4-5-10(12)9(6-8)11(13,14)15/h4-7,16H,2-3H2,1H3/t7-/m1/s1. The van der Waals surface area contributed by atoms with Crippen LogP contribution in [0.25, 0.3) is 0 Å². The highest BCUT2D eigenvalue weighted by molar-refractivity contribution is 5.27. The molecule has 0 radical (unpaired) electrons. The molecule has 1 aromatic carbocycles. The summed E-state index contributed by atoms with van der Waals surface area (Å²) in [7, 11) is 0. The molecule has 0 aromatic heterocycles. The zero-order valence-electron chi connectivity index (χ0n) is 8.68.